The molecule has 1 amide bonds. The van der Waals surface area contributed by atoms with E-state index in [1.54, 1.807) is 0 Å². The molecule has 0 bridgehead atoms. The van der Waals surface area contributed by atoms with E-state index >= 15 is 0 Å². The predicted octanol–water partition coefficient (Wildman–Crippen LogP) is 3.02. The summed E-state index contributed by atoms with van der Waals surface area (Å²) in [5.74, 6) is 0.356. The van der Waals surface area contributed by atoms with Crippen LogP contribution in [0.2, 0.25) is 0 Å². The van der Waals surface area contributed by atoms with Gasteiger partial charge in [-0.05, 0) is 69.3 Å². The number of likely N-dealkylation sites (tertiary alicyclic amines) is 1. The summed E-state index contributed by atoms with van der Waals surface area (Å²) in [4.78, 5) is 14.1. The molecule has 2 rings (SSSR count). The molecule has 1 aliphatic rings. The average Bonchev–Trinajstić information content (AvgIpc) is 2.95. The van der Waals surface area contributed by atoms with E-state index in [-0.39, 0.29) is 17.7 Å². The highest BCUT2D eigenvalue weighted by Gasteiger charge is 2.22. The zero-order valence-corrected chi connectivity index (χ0v) is 14.5. The van der Waals surface area contributed by atoms with Gasteiger partial charge in [0.05, 0.1) is 15.0 Å². The number of hydrogen-bond donors (Lipinski definition) is 2. The molecule has 1 aromatic rings. The molecule has 1 heterocycles. The number of rotatable bonds is 4. The minimum atomic E-state index is -0.195. The van der Waals surface area contributed by atoms with Gasteiger partial charge >= 0.3 is 0 Å². The molecule has 1 aliphatic heterocycles. The molecule has 1 fully saturated rings. The number of amides is 1. The van der Waals surface area contributed by atoms with Crippen LogP contribution < -0.4 is 5.32 Å². The van der Waals surface area contributed by atoms with Crippen molar-refractivity contribution in [1.29, 1.82) is 0 Å². The lowest BCUT2D eigenvalue weighted by Crippen LogP contribution is -2.43. The van der Waals surface area contributed by atoms with Gasteiger partial charge in [-0.25, -0.2) is 0 Å². The molecule has 0 spiro atoms. The monoisotopic (exact) mass is 404 g/mol. The maximum Gasteiger partial charge on any atom is 0.239 e. The first-order chi connectivity index (χ1) is 9.49. The first-order valence-corrected chi connectivity index (χ1v) is 8.26. The lowest BCUT2D eigenvalue weighted by atomic mass is 10.2. The van der Waals surface area contributed by atoms with E-state index < -0.39 is 0 Å². The van der Waals surface area contributed by atoms with Crippen molar-refractivity contribution in [2.24, 2.45) is 0 Å². The fourth-order valence-corrected chi connectivity index (χ4v) is 3.57. The zero-order valence-electron chi connectivity index (χ0n) is 11.3. The molecule has 1 atom stereocenters. The molecule has 4 nitrogen and oxygen atoms in total. The van der Waals surface area contributed by atoms with E-state index in [1.807, 2.05) is 24.0 Å². The highest BCUT2D eigenvalue weighted by molar-refractivity contribution is 9.11. The van der Waals surface area contributed by atoms with Crippen LogP contribution >= 0.6 is 31.9 Å². The van der Waals surface area contributed by atoms with Crippen molar-refractivity contribution >= 4 is 37.8 Å². The molecule has 0 saturated carbocycles. The Morgan fingerprint density at radius 1 is 1.35 bits per heavy atom. The zero-order chi connectivity index (χ0) is 14.7. The number of carbonyl (C=O) groups is 1. The van der Waals surface area contributed by atoms with Crippen molar-refractivity contribution in [2.45, 2.75) is 32.4 Å². The molecule has 0 aliphatic carbocycles. The summed E-state index contributed by atoms with van der Waals surface area (Å²) in [5.41, 5.74) is 1.00. The first-order valence-electron chi connectivity index (χ1n) is 6.68. The Morgan fingerprint density at radius 2 is 1.90 bits per heavy atom. The van der Waals surface area contributed by atoms with E-state index in [9.17, 15) is 9.90 Å². The predicted molar refractivity (Wildman–Crippen MR) is 85.6 cm³/mol. The highest BCUT2D eigenvalue weighted by Crippen LogP contribution is 2.33. The summed E-state index contributed by atoms with van der Waals surface area (Å²) in [6.45, 7) is 4.23. The van der Waals surface area contributed by atoms with Gasteiger partial charge in [-0.2, -0.15) is 0 Å². The van der Waals surface area contributed by atoms with Gasteiger partial charge in [0.2, 0.25) is 5.91 Å². The van der Waals surface area contributed by atoms with Crippen LogP contribution in [-0.4, -0.2) is 35.0 Å². The van der Waals surface area contributed by atoms with Crippen molar-refractivity contribution in [3.8, 4) is 5.75 Å². The minimum absolute atomic E-state index is 0.166. The molecule has 20 heavy (non-hydrogen) atoms. The van der Waals surface area contributed by atoms with Gasteiger partial charge in [0.1, 0.15) is 5.75 Å². The lowest BCUT2D eigenvalue weighted by Gasteiger charge is -2.21. The van der Waals surface area contributed by atoms with Crippen molar-refractivity contribution in [1.82, 2.24) is 10.2 Å². The van der Waals surface area contributed by atoms with E-state index in [4.69, 9.17) is 0 Å². The summed E-state index contributed by atoms with van der Waals surface area (Å²) in [5, 5.41) is 12.9. The van der Waals surface area contributed by atoms with Gasteiger partial charge in [0.25, 0.3) is 0 Å². The first kappa shape index (κ1) is 15.8. The summed E-state index contributed by atoms with van der Waals surface area (Å²) in [6.07, 6.45) is 2.21. The standard InChI is InChI=1S/C14H18Br2N2O2/c1-9(14(20)18-4-2-3-5-18)17-8-10-6-11(15)13(19)12(16)7-10/h6-7,9,17,19H,2-5,8H2,1H3. The van der Waals surface area contributed by atoms with E-state index in [1.165, 1.54) is 0 Å². The Morgan fingerprint density at radius 3 is 2.45 bits per heavy atom. The van der Waals surface area contributed by atoms with Crippen molar-refractivity contribution in [3.05, 3.63) is 26.6 Å². The molecule has 6 heteroatoms. The van der Waals surface area contributed by atoms with Crippen molar-refractivity contribution in [3.63, 3.8) is 0 Å². The minimum Gasteiger partial charge on any atom is -0.506 e. The number of hydrogen-bond acceptors (Lipinski definition) is 3. The fourth-order valence-electron chi connectivity index (χ4n) is 2.29. The molecule has 0 radical (unpaired) electrons. The van der Waals surface area contributed by atoms with Crippen LogP contribution in [0.3, 0.4) is 0 Å². The van der Waals surface area contributed by atoms with Crippen molar-refractivity contribution < 1.29 is 9.90 Å². The van der Waals surface area contributed by atoms with Gasteiger partial charge in [-0.1, -0.05) is 0 Å². The number of halogens is 2. The van der Waals surface area contributed by atoms with E-state index in [2.05, 4.69) is 37.2 Å². The number of aromatic hydroxyl groups is 1. The van der Waals surface area contributed by atoms with Gasteiger partial charge in [0, 0.05) is 19.6 Å². The van der Waals surface area contributed by atoms with Crippen LogP contribution in [0, 0.1) is 0 Å². The topological polar surface area (TPSA) is 52.6 Å². The number of carbonyl (C=O) groups excluding carboxylic acids is 1. The Balaban J connectivity index is 1.92. The van der Waals surface area contributed by atoms with E-state index in [0.717, 1.165) is 31.5 Å². The van der Waals surface area contributed by atoms with Crippen LogP contribution in [0.4, 0.5) is 0 Å². The lowest BCUT2D eigenvalue weighted by molar-refractivity contribution is -0.131. The Labute approximate surface area is 135 Å². The summed E-state index contributed by atoms with van der Waals surface area (Å²) < 4.78 is 1.28. The number of phenols is 1. The highest BCUT2D eigenvalue weighted by atomic mass is 79.9. The smallest absolute Gasteiger partial charge is 0.239 e. The second kappa shape index (κ2) is 6.91. The van der Waals surface area contributed by atoms with Crippen molar-refractivity contribution in [2.75, 3.05) is 13.1 Å². The number of nitrogens with one attached hydrogen (secondary N) is 1. The number of nitrogens with zero attached hydrogens (tertiary/aromatic N) is 1. The molecule has 1 unspecified atom stereocenters. The molecule has 110 valence electrons. The number of benzene rings is 1. The normalized spacial score (nSPS) is 16.4. The van der Waals surface area contributed by atoms with Gasteiger partial charge < -0.3 is 15.3 Å². The third-order valence-corrected chi connectivity index (χ3v) is 4.69. The number of phenolic OH excluding ortho intramolecular Hbond substituents is 1. The maximum atomic E-state index is 12.2. The van der Waals surface area contributed by atoms with E-state index in [0.29, 0.717) is 15.5 Å². The summed E-state index contributed by atoms with van der Waals surface area (Å²) in [7, 11) is 0. The fraction of sp³-hybridized carbons (Fsp3) is 0.500. The average molecular weight is 406 g/mol. The maximum absolute atomic E-state index is 12.2. The van der Waals surface area contributed by atoms with Gasteiger partial charge in [-0.15, -0.1) is 0 Å². The van der Waals surface area contributed by atoms with Gasteiger partial charge in [-0.3, -0.25) is 4.79 Å². The van der Waals surface area contributed by atoms with Crippen LogP contribution in [-0.2, 0) is 11.3 Å². The van der Waals surface area contributed by atoms with Gasteiger partial charge in [0.15, 0.2) is 0 Å². The Hall–Kier alpha value is -0.590. The molecule has 2 N–H and O–H groups in total. The molecule has 1 aromatic carbocycles. The molecule has 0 aromatic heterocycles. The second-order valence-corrected chi connectivity index (χ2v) is 6.75. The summed E-state index contributed by atoms with van der Waals surface area (Å²) >= 11 is 6.61. The van der Waals surface area contributed by atoms with Crippen LogP contribution in [0.15, 0.2) is 21.1 Å². The molecular formula is C14H18Br2N2O2. The van der Waals surface area contributed by atoms with Crippen LogP contribution in [0.5, 0.6) is 5.75 Å². The Bertz CT molecular complexity index is 479. The second-order valence-electron chi connectivity index (χ2n) is 5.04. The quantitative estimate of drug-likeness (QED) is 0.809. The largest absolute Gasteiger partial charge is 0.506 e. The molecular weight excluding hydrogens is 388 g/mol. The van der Waals surface area contributed by atoms with Crippen LogP contribution in [0.25, 0.3) is 0 Å². The SMILES string of the molecule is CC(NCc1cc(Br)c(O)c(Br)c1)C(=O)N1CCCC1. The summed E-state index contributed by atoms with van der Waals surface area (Å²) in [6, 6.07) is 3.50. The van der Waals surface area contributed by atoms with Crippen LogP contribution in [0.1, 0.15) is 25.3 Å². The third-order valence-electron chi connectivity index (χ3n) is 3.48. The Kier molecular flexibility index (Phi) is 5.46. The third kappa shape index (κ3) is 3.74. The molecule has 1 saturated heterocycles.